The van der Waals surface area contributed by atoms with E-state index in [0.29, 0.717) is 0 Å². The lowest BCUT2D eigenvalue weighted by Gasteiger charge is -1.93. The first-order valence-electron chi connectivity index (χ1n) is 2.21. The molecule has 3 nitrogen and oxygen atoms in total. The summed E-state index contributed by atoms with van der Waals surface area (Å²) in [6.07, 6.45) is 1.66. The molecule has 0 atom stereocenters. The Kier molecular flexibility index (Phi) is 6.05. The van der Waals surface area contributed by atoms with Crippen molar-refractivity contribution in [1.29, 1.82) is 0 Å². The zero-order valence-electron chi connectivity index (χ0n) is 5.45. The van der Waals surface area contributed by atoms with E-state index >= 15 is 0 Å². The van der Waals surface area contributed by atoms with Crippen LogP contribution in [-0.2, 0) is 4.74 Å². The summed E-state index contributed by atoms with van der Waals surface area (Å²) in [5.41, 5.74) is 0. The van der Waals surface area contributed by atoms with Gasteiger partial charge in [0.15, 0.2) is 0 Å². The molecule has 0 aliphatic carbocycles. The van der Waals surface area contributed by atoms with Crippen LogP contribution in [0.1, 0.15) is 0 Å². The molecule has 0 amide bonds. The average Bonchev–Trinajstić information content (AvgIpc) is 1.99. The van der Waals surface area contributed by atoms with Crippen LogP contribution in [0.5, 0.6) is 0 Å². The lowest BCUT2D eigenvalue weighted by atomic mass is 11.5. The highest BCUT2D eigenvalue weighted by atomic mass is 33.1. The molecule has 0 aliphatic rings. The predicted octanol–water partition coefficient (Wildman–Crippen LogP) is 2.62. The highest BCUT2D eigenvalue weighted by Gasteiger charge is 2.06. The number of methoxy groups -OCH3 is 1. The zero-order valence-corrected chi connectivity index (χ0v) is 7.90. The van der Waals surface area contributed by atoms with Crippen molar-refractivity contribution >= 4 is 43.1 Å². The third kappa shape index (κ3) is 5.01. The summed E-state index contributed by atoms with van der Waals surface area (Å²) in [4.78, 5) is 20.9. The Hall–Kier alpha value is 0.190. The first kappa shape index (κ1) is 10.2. The molecule has 0 aromatic carbocycles. The molecule has 0 radical (unpaired) electrons. The summed E-state index contributed by atoms with van der Waals surface area (Å²) in [5, 5.41) is -0.451. The van der Waals surface area contributed by atoms with Crippen molar-refractivity contribution in [1.82, 2.24) is 0 Å². The van der Waals surface area contributed by atoms with Gasteiger partial charge >= 0.3 is 5.30 Å². The molecular weight excluding hydrogens is 192 g/mol. The summed E-state index contributed by atoms with van der Waals surface area (Å²) in [5.74, 6) is 0. The maximum absolute atomic E-state index is 10.5. The summed E-state index contributed by atoms with van der Waals surface area (Å²) >= 11 is 1.07. The van der Waals surface area contributed by atoms with E-state index in [4.69, 9.17) is 0 Å². The Morgan fingerprint density at radius 1 is 1.30 bits per heavy atom. The topological polar surface area (TPSA) is 43.4 Å². The summed E-state index contributed by atoms with van der Waals surface area (Å²) in [6.45, 7) is 0. The number of ether oxygens (including phenoxy) is 1. The molecule has 58 valence electrons. The molecule has 0 N–H and O–H groups in total. The van der Waals surface area contributed by atoms with Crippen molar-refractivity contribution < 1.29 is 14.3 Å². The summed E-state index contributed by atoms with van der Waals surface area (Å²) < 4.78 is 4.19. The minimum Gasteiger partial charge on any atom is -0.460 e. The highest BCUT2D eigenvalue weighted by Crippen LogP contribution is 2.28. The molecule has 0 aliphatic heterocycles. The maximum atomic E-state index is 10.5. The van der Waals surface area contributed by atoms with Gasteiger partial charge in [-0.25, -0.2) is 4.79 Å². The van der Waals surface area contributed by atoms with Crippen LogP contribution in [0.4, 0.5) is 9.59 Å². The molecule has 0 saturated heterocycles. The Morgan fingerprint density at radius 2 is 1.90 bits per heavy atom. The second-order valence-corrected chi connectivity index (χ2v) is 4.15. The van der Waals surface area contributed by atoms with E-state index in [9.17, 15) is 9.59 Å². The molecule has 0 fully saturated rings. The van der Waals surface area contributed by atoms with Crippen LogP contribution in [0.25, 0.3) is 0 Å². The highest BCUT2D eigenvalue weighted by molar-refractivity contribution is 8.90. The monoisotopic (exact) mass is 198 g/mol. The molecule has 0 bridgehead atoms. The van der Waals surface area contributed by atoms with Gasteiger partial charge in [-0.3, -0.25) is 4.79 Å². The van der Waals surface area contributed by atoms with E-state index in [0.717, 1.165) is 33.3 Å². The van der Waals surface area contributed by atoms with Gasteiger partial charge in [-0.1, -0.05) is 11.8 Å². The smallest absolute Gasteiger partial charge is 0.378 e. The van der Waals surface area contributed by atoms with Crippen LogP contribution >= 0.6 is 33.3 Å². The predicted molar refractivity (Wildman–Crippen MR) is 46.5 cm³/mol. The Bertz CT molecular complexity index is 120. The van der Waals surface area contributed by atoms with Gasteiger partial charge in [-0.05, 0) is 6.26 Å². The van der Waals surface area contributed by atoms with E-state index in [1.807, 2.05) is 0 Å². The maximum Gasteiger partial charge on any atom is 0.378 e. The van der Waals surface area contributed by atoms with E-state index in [-0.39, 0.29) is 4.45 Å². The fourth-order valence-electron chi connectivity index (χ4n) is 0.136. The van der Waals surface area contributed by atoms with Crippen molar-refractivity contribution in [3.63, 3.8) is 0 Å². The van der Waals surface area contributed by atoms with Gasteiger partial charge in [-0.2, -0.15) is 0 Å². The van der Waals surface area contributed by atoms with Gasteiger partial charge in [0.25, 0.3) is 4.45 Å². The fraction of sp³-hybridized carbons (Fsp3) is 0.500. The van der Waals surface area contributed by atoms with Gasteiger partial charge in [0.05, 0.1) is 7.11 Å². The van der Waals surface area contributed by atoms with E-state index < -0.39 is 5.30 Å². The van der Waals surface area contributed by atoms with E-state index in [2.05, 4.69) is 4.74 Å². The summed E-state index contributed by atoms with van der Waals surface area (Å²) in [7, 11) is 2.95. The lowest BCUT2D eigenvalue weighted by molar-refractivity contribution is 0.200. The minimum atomic E-state index is -0.451. The number of hydrogen-bond acceptors (Lipinski definition) is 6. The van der Waals surface area contributed by atoms with Gasteiger partial charge < -0.3 is 4.74 Å². The first-order valence-corrected chi connectivity index (χ1v) is 5.58. The first-order chi connectivity index (χ1) is 4.70. The quantitative estimate of drug-likeness (QED) is 0.440. The number of hydrogen-bond donors (Lipinski definition) is 0. The minimum absolute atomic E-state index is 0.101. The van der Waals surface area contributed by atoms with Crippen molar-refractivity contribution in [2.75, 3.05) is 13.4 Å². The van der Waals surface area contributed by atoms with Crippen LogP contribution < -0.4 is 0 Å². The van der Waals surface area contributed by atoms with Crippen LogP contribution in [0, 0.1) is 0 Å². The molecule has 6 heteroatoms. The molecule has 0 rings (SSSR count). The SMILES string of the molecule is COC(=O)SSC(=O)SC. The largest absolute Gasteiger partial charge is 0.460 e. The van der Waals surface area contributed by atoms with Crippen molar-refractivity contribution in [2.45, 2.75) is 0 Å². The number of thioether (sulfide) groups is 1. The fourth-order valence-corrected chi connectivity index (χ4v) is 2.14. The third-order valence-corrected chi connectivity index (χ3v) is 3.55. The van der Waals surface area contributed by atoms with Crippen LogP contribution in [0.2, 0.25) is 0 Å². The number of carbonyl (C=O) groups excluding carboxylic acids is 2. The number of rotatable bonds is 0. The van der Waals surface area contributed by atoms with Crippen molar-refractivity contribution in [3.8, 4) is 0 Å². The zero-order chi connectivity index (χ0) is 7.98. The second kappa shape index (κ2) is 5.94. The number of carbonyl (C=O) groups is 2. The molecule has 0 aromatic rings. The summed E-state index contributed by atoms with van der Waals surface area (Å²) in [6, 6.07) is 0. The van der Waals surface area contributed by atoms with Crippen molar-refractivity contribution in [3.05, 3.63) is 0 Å². The van der Waals surface area contributed by atoms with Gasteiger partial charge in [-0.15, -0.1) is 0 Å². The Balaban J connectivity index is 3.35. The normalized spacial score (nSPS) is 9.00. The molecule has 0 heterocycles. The molecule has 0 saturated carbocycles. The third-order valence-electron chi connectivity index (χ3n) is 0.511. The Morgan fingerprint density at radius 3 is 2.30 bits per heavy atom. The molecule has 0 aromatic heterocycles. The van der Waals surface area contributed by atoms with Crippen molar-refractivity contribution in [2.24, 2.45) is 0 Å². The Labute approximate surface area is 71.0 Å². The van der Waals surface area contributed by atoms with E-state index in [1.54, 1.807) is 6.26 Å². The molecular formula is C4H6O3S3. The van der Waals surface area contributed by atoms with Gasteiger partial charge in [0.2, 0.25) is 0 Å². The average molecular weight is 198 g/mol. The van der Waals surface area contributed by atoms with Crippen LogP contribution in [-0.4, -0.2) is 23.1 Å². The van der Waals surface area contributed by atoms with E-state index in [1.165, 1.54) is 7.11 Å². The second-order valence-electron chi connectivity index (χ2n) is 1.07. The standard InChI is InChI=1S/C4H6O3S3/c1-7-3(5)9-10-4(6)8-2/h1-2H3. The van der Waals surface area contributed by atoms with Gasteiger partial charge in [0, 0.05) is 21.6 Å². The van der Waals surface area contributed by atoms with Crippen LogP contribution in [0.15, 0.2) is 0 Å². The lowest BCUT2D eigenvalue weighted by Crippen LogP contribution is -1.87. The molecule has 10 heavy (non-hydrogen) atoms. The molecule has 0 spiro atoms. The van der Waals surface area contributed by atoms with Gasteiger partial charge in [0.1, 0.15) is 0 Å². The molecule has 0 unspecified atom stereocenters. The van der Waals surface area contributed by atoms with Crippen LogP contribution in [0.3, 0.4) is 0 Å².